The van der Waals surface area contributed by atoms with Gasteiger partial charge in [0.25, 0.3) is 0 Å². The second-order valence-electron chi connectivity index (χ2n) is 3.03. The molecule has 0 aliphatic carbocycles. The van der Waals surface area contributed by atoms with Crippen LogP contribution in [-0.2, 0) is 8.85 Å². The van der Waals surface area contributed by atoms with Crippen molar-refractivity contribution in [3.63, 3.8) is 0 Å². The number of hydrogen-bond acceptors (Lipinski definition) is 4. The number of hydrogen-bond donors (Lipinski definition) is 2. The summed E-state index contributed by atoms with van der Waals surface area (Å²) >= 11 is 0. The maximum atomic E-state index is 5.76. The molecule has 4 N–H and O–H groups in total. The zero-order valence-electron chi connectivity index (χ0n) is 8.17. The molecule has 0 fully saturated rings. The Hall–Kier alpha value is 0.0569. The summed E-state index contributed by atoms with van der Waals surface area (Å²) in [5.41, 5.74) is 11.0. The molecule has 0 aromatic carbocycles. The molecule has 0 rings (SSSR count). The van der Waals surface area contributed by atoms with Gasteiger partial charge in [-0.05, 0) is 18.9 Å². The van der Waals surface area contributed by atoms with Crippen LogP contribution in [0.2, 0.25) is 6.04 Å². The van der Waals surface area contributed by atoms with E-state index in [4.69, 9.17) is 20.3 Å². The summed E-state index contributed by atoms with van der Waals surface area (Å²) in [6.45, 7) is 1.98. The molecule has 12 heavy (non-hydrogen) atoms. The van der Waals surface area contributed by atoms with Crippen LogP contribution in [-0.4, -0.2) is 29.2 Å². The molecule has 0 amide bonds. The Morgan fingerprint density at radius 2 is 1.75 bits per heavy atom. The molecule has 0 aliphatic rings. The zero-order chi connectivity index (χ0) is 9.61. The van der Waals surface area contributed by atoms with E-state index in [0.29, 0.717) is 0 Å². The van der Waals surface area contributed by atoms with Crippen molar-refractivity contribution in [1.29, 1.82) is 0 Å². The number of rotatable bonds is 6. The van der Waals surface area contributed by atoms with Crippen molar-refractivity contribution in [1.82, 2.24) is 0 Å². The Morgan fingerprint density at radius 3 is 2.08 bits per heavy atom. The largest absolute Gasteiger partial charge is 0.400 e. The summed E-state index contributed by atoms with van der Waals surface area (Å²) in [5, 5.41) is 0. The minimum absolute atomic E-state index is 0.553. The van der Waals surface area contributed by atoms with E-state index < -0.39 is 14.9 Å². The molecule has 0 aromatic heterocycles. The molecule has 4 nitrogen and oxygen atoms in total. The summed E-state index contributed by atoms with van der Waals surface area (Å²) < 4.78 is 10.3. The molecule has 0 spiro atoms. The molecule has 0 aromatic rings. The van der Waals surface area contributed by atoms with E-state index in [1.54, 1.807) is 14.2 Å². The summed E-state index contributed by atoms with van der Waals surface area (Å²) in [5.74, 6) is 0. The highest BCUT2D eigenvalue weighted by molar-refractivity contribution is 6.44. The molecule has 0 radical (unpaired) electrons. The van der Waals surface area contributed by atoms with E-state index in [0.717, 1.165) is 18.9 Å². The molecule has 0 unspecified atom stereocenters. The topological polar surface area (TPSA) is 70.5 Å². The van der Waals surface area contributed by atoms with Gasteiger partial charge >= 0.3 is 9.28 Å². The van der Waals surface area contributed by atoms with Crippen LogP contribution >= 0.6 is 0 Å². The van der Waals surface area contributed by atoms with Gasteiger partial charge in [0.1, 0.15) is 0 Å². The van der Waals surface area contributed by atoms with Gasteiger partial charge in [-0.15, -0.1) is 0 Å². The lowest BCUT2D eigenvalue weighted by molar-refractivity contribution is 0.269. The van der Waals surface area contributed by atoms with Crippen molar-refractivity contribution in [3.8, 4) is 0 Å². The predicted molar refractivity (Wildman–Crippen MR) is 52.0 cm³/mol. The van der Waals surface area contributed by atoms with Gasteiger partial charge in [-0.2, -0.15) is 0 Å². The summed E-state index contributed by atoms with van der Waals surface area (Å²) in [7, 11) is 1.87. The standard InChI is InChI=1S/C7H20N2O2Si/c1-4-7(8,9)5-6-12(10-2)11-3/h12H,4-6,8-9H2,1-3H3. The molecular formula is C7H20N2O2Si. The molecule has 0 saturated carbocycles. The van der Waals surface area contributed by atoms with Crippen molar-refractivity contribution in [2.45, 2.75) is 31.5 Å². The van der Waals surface area contributed by atoms with Crippen molar-refractivity contribution in [2.24, 2.45) is 11.5 Å². The first-order valence-corrected chi connectivity index (χ1v) is 5.95. The van der Waals surface area contributed by atoms with Crippen molar-refractivity contribution < 1.29 is 8.85 Å². The van der Waals surface area contributed by atoms with Crippen LogP contribution in [0.5, 0.6) is 0 Å². The third-order valence-electron chi connectivity index (χ3n) is 2.03. The van der Waals surface area contributed by atoms with E-state index in [1.807, 2.05) is 6.92 Å². The van der Waals surface area contributed by atoms with Crippen molar-refractivity contribution in [2.75, 3.05) is 14.2 Å². The summed E-state index contributed by atoms with van der Waals surface area (Å²) in [4.78, 5) is 0. The zero-order valence-corrected chi connectivity index (χ0v) is 9.32. The first-order valence-electron chi connectivity index (χ1n) is 4.19. The maximum absolute atomic E-state index is 5.76. The van der Waals surface area contributed by atoms with E-state index >= 15 is 0 Å². The van der Waals surface area contributed by atoms with E-state index in [9.17, 15) is 0 Å². The third kappa shape index (κ3) is 4.84. The Bertz CT molecular complexity index is 118. The second kappa shape index (κ2) is 5.66. The summed E-state index contributed by atoms with van der Waals surface area (Å²) in [6, 6.07) is 0.869. The van der Waals surface area contributed by atoms with Gasteiger partial charge in [0, 0.05) is 14.2 Å². The lowest BCUT2D eigenvalue weighted by Crippen LogP contribution is -2.49. The minimum Gasteiger partial charge on any atom is -0.400 e. The average Bonchev–Trinajstić information content (AvgIpc) is 2.06. The van der Waals surface area contributed by atoms with Crippen LogP contribution in [0.1, 0.15) is 19.8 Å². The fourth-order valence-electron chi connectivity index (χ4n) is 0.895. The van der Waals surface area contributed by atoms with Crippen LogP contribution in [0, 0.1) is 0 Å². The van der Waals surface area contributed by atoms with E-state index in [2.05, 4.69) is 0 Å². The monoisotopic (exact) mass is 192 g/mol. The quantitative estimate of drug-likeness (QED) is 0.456. The van der Waals surface area contributed by atoms with Crippen LogP contribution in [0.3, 0.4) is 0 Å². The lowest BCUT2D eigenvalue weighted by atomic mass is 10.1. The SMILES string of the molecule is CCC(N)(N)CC[SiH](OC)OC. The molecule has 0 bridgehead atoms. The van der Waals surface area contributed by atoms with Gasteiger partial charge in [-0.25, -0.2) is 0 Å². The summed E-state index contributed by atoms with van der Waals surface area (Å²) in [6.07, 6.45) is 1.55. The smallest absolute Gasteiger partial charge is 0.320 e. The van der Waals surface area contributed by atoms with Gasteiger partial charge in [0.2, 0.25) is 0 Å². The molecule has 5 heteroatoms. The van der Waals surface area contributed by atoms with Crippen molar-refractivity contribution in [3.05, 3.63) is 0 Å². The highest BCUT2D eigenvalue weighted by Crippen LogP contribution is 2.10. The Kier molecular flexibility index (Phi) is 5.69. The van der Waals surface area contributed by atoms with Gasteiger partial charge in [-0.1, -0.05) is 6.92 Å². The fourth-order valence-corrected chi connectivity index (χ4v) is 2.33. The van der Waals surface area contributed by atoms with Crippen LogP contribution in [0.4, 0.5) is 0 Å². The van der Waals surface area contributed by atoms with Crippen LogP contribution < -0.4 is 11.5 Å². The fraction of sp³-hybridized carbons (Fsp3) is 1.00. The average molecular weight is 192 g/mol. The van der Waals surface area contributed by atoms with Crippen LogP contribution in [0.25, 0.3) is 0 Å². The third-order valence-corrected chi connectivity index (χ3v) is 3.84. The Balaban J connectivity index is 3.65. The highest BCUT2D eigenvalue weighted by Gasteiger charge is 2.19. The minimum atomic E-state index is -1.47. The molecule has 0 saturated heterocycles. The molecule has 0 aliphatic heterocycles. The van der Waals surface area contributed by atoms with Gasteiger partial charge in [0.15, 0.2) is 0 Å². The van der Waals surface area contributed by atoms with E-state index in [-0.39, 0.29) is 0 Å². The van der Waals surface area contributed by atoms with Gasteiger partial charge < -0.3 is 20.3 Å². The maximum Gasteiger partial charge on any atom is 0.320 e. The van der Waals surface area contributed by atoms with Gasteiger partial charge in [0.05, 0.1) is 5.66 Å². The lowest BCUT2D eigenvalue weighted by Gasteiger charge is -2.23. The normalized spacial score (nSPS) is 12.5. The molecule has 0 atom stereocenters. The highest BCUT2D eigenvalue weighted by atomic mass is 28.3. The molecule has 0 heterocycles. The first-order chi connectivity index (χ1) is 5.55. The van der Waals surface area contributed by atoms with Crippen LogP contribution in [0.15, 0.2) is 0 Å². The Labute approximate surface area is 76.1 Å². The van der Waals surface area contributed by atoms with Crippen molar-refractivity contribution >= 4 is 9.28 Å². The predicted octanol–water partition coefficient (Wildman–Crippen LogP) is -0.0865. The number of nitrogens with two attached hydrogens (primary N) is 2. The van der Waals surface area contributed by atoms with Gasteiger partial charge in [-0.3, -0.25) is 0 Å². The molecule has 74 valence electrons. The second-order valence-corrected chi connectivity index (χ2v) is 5.41. The first kappa shape index (κ1) is 12.1. The Morgan fingerprint density at radius 1 is 1.25 bits per heavy atom. The molecular weight excluding hydrogens is 172 g/mol. The van der Waals surface area contributed by atoms with E-state index in [1.165, 1.54) is 0 Å².